The number of methoxy groups -OCH3 is 3. The number of hydrazine groups is 1. The minimum atomic E-state index is -0.581. The average Bonchev–Trinajstić information content (AvgIpc) is 3.29. The van der Waals surface area contributed by atoms with Crippen molar-refractivity contribution in [1.82, 2.24) is 10.4 Å². The van der Waals surface area contributed by atoms with Gasteiger partial charge in [0, 0.05) is 34.4 Å². The van der Waals surface area contributed by atoms with E-state index in [1.54, 1.807) is 20.3 Å². The fourth-order valence-corrected chi connectivity index (χ4v) is 5.06. The van der Waals surface area contributed by atoms with Crippen LogP contribution < -0.4 is 20.7 Å². The molecular formula is C25H27ClN4O5S. The van der Waals surface area contributed by atoms with E-state index in [0.717, 1.165) is 21.8 Å². The number of aryl methyl sites for hydroxylation is 1. The van der Waals surface area contributed by atoms with Crippen molar-refractivity contribution < 1.29 is 23.7 Å². The first-order valence-corrected chi connectivity index (χ1v) is 12.4. The number of aromatic nitrogens is 1. The minimum Gasteiger partial charge on any atom is -0.493 e. The lowest BCUT2D eigenvalue weighted by molar-refractivity contribution is -0.140. The molecule has 0 fully saturated rings. The maximum absolute atomic E-state index is 11.5. The molecule has 2 heterocycles. The number of esters is 1. The third-order valence-electron chi connectivity index (χ3n) is 5.75. The molecule has 0 saturated heterocycles. The highest BCUT2D eigenvalue weighted by atomic mass is 35.5. The summed E-state index contributed by atoms with van der Waals surface area (Å²) in [6.07, 6.45) is 0.0444. The zero-order valence-electron chi connectivity index (χ0n) is 20.1. The van der Waals surface area contributed by atoms with Crippen molar-refractivity contribution >= 4 is 40.4 Å². The van der Waals surface area contributed by atoms with Crippen molar-refractivity contribution in [2.24, 2.45) is 10.8 Å². The number of fused-ring (bicyclic) bond motifs is 1. The molecule has 4 rings (SSSR count). The lowest BCUT2D eigenvalue weighted by atomic mass is 9.98. The second-order valence-electron chi connectivity index (χ2n) is 7.94. The molecule has 0 bridgehead atoms. The summed E-state index contributed by atoms with van der Waals surface area (Å²) in [5.74, 6) is 7.20. The molecule has 0 aliphatic carbocycles. The topological polar surface area (TPSA) is 117 Å². The van der Waals surface area contributed by atoms with Crippen LogP contribution in [0.15, 0.2) is 46.8 Å². The van der Waals surface area contributed by atoms with Gasteiger partial charge in [-0.15, -0.1) is 11.3 Å². The third kappa shape index (κ3) is 5.62. The molecule has 9 nitrogen and oxygen atoms in total. The Morgan fingerprint density at radius 1 is 1.19 bits per heavy atom. The van der Waals surface area contributed by atoms with Gasteiger partial charge in [-0.05, 0) is 24.3 Å². The molecule has 1 aromatic heterocycles. The molecule has 36 heavy (non-hydrogen) atoms. The lowest BCUT2D eigenvalue weighted by Gasteiger charge is -2.25. The molecule has 1 aliphatic rings. The summed E-state index contributed by atoms with van der Waals surface area (Å²) < 4.78 is 22.6. The summed E-state index contributed by atoms with van der Waals surface area (Å²) in [6.45, 7) is 0. The first-order valence-electron chi connectivity index (χ1n) is 11.2. The minimum absolute atomic E-state index is 0.268. The highest BCUT2D eigenvalue weighted by molar-refractivity contribution is 7.09. The van der Waals surface area contributed by atoms with E-state index in [1.807, 2.05) is 35.7 Å². The molecule has 0 amide bonds. The molecule has 11 heteroatoms. The molecular weight excluding hydrogens is 504 g/mol. The zero-order chi connectivity index (χ0) is 25.7. The second kappa shape index (κ2) is 11.7. The Labute approximate surface area is 218 Å². The summed E-state index contributed by atoms with van der Waals surface area (Å²) in [4.78, 5) is 20.9. The van der Waals surface area contributed by atoms with Crippen LogP contribution in [0, 0.1) is 0 Å². The van der Waals surface area contributed by atoms with Crippen LogP contribution in [0.5, 0.6) is 11.5 Å². The van der Waals surface area contributed by atoms with Crippen LogP contribution in [0.1, 0.15) is 34.4 Å². The Bertz CT molecular complexity index is 1260. The molecule has 0 radical (unpaired) electrons. The maximum Gasteiger partial charge on any atom is 0.305 e. The van der Waals surface area contributed by atoms with Crippen molar-refractivity contribution in [2.45, 2.75) is 31.5 Å². The van der Waals surface area contributed by atoms with Gasteiger partial charge in [0.05, 0.1) is 44.1 Å². The van der Waals surface area contributed by atoms with Gasteiger partial charge < -0.3 is 24.4 Å². The van der Waals surface area contributed by atoms with E-state index < -0.39 is 12.2 Å². The predicted octanol–water partition coefficient (Wildman–Crippen LogP) is 4.14. The van der Waals surface area contributed by atoms with Gasteiger partial charge >= 0.3 is 5.97 Å². The highest BCUT2D eigenvalue weighted by Gasteiger charge is 2.33. The number of nitrogens with zero attached hydrogens (tertiary/aromatic N) is 2. The standard InChI is InChI=1S/C25H27ClN4O5S/c1-32-19-6-4-5-16(24(19)34-3)23-17-11-14(26)7-9-18(17)29-25(30-27)20(35-23)12-21-28-15(13-36-21)8-10-22(31)33-2/h4-7,9,11,13,20,23H,8,10,12,27H2,1-3H3,(H,29,30). The van der Waals surface area contributed by atoms with Crippen molar-refractivity contribution in [1.29, 1.82) is 0 Å². The first-order chi connectivity index (χ1) is 17.5. The Balaban J connectivity index is 1.71. The number of benzene rings is 2. The molecule has 0 spiro atoms. The summed E-state index contributed by atoms with van der Waals surface area (Å²) in [5, 5.41) is 3.30. The normalized spacial score (nSPS) is 17.0. The highest BCUT2D eigenvalue weighted by Crippen LogP contribution is 2.44. The van der Waals surface area contributed by atoms with E-state index in [1.165, 1.54) is 18.4 Å². The van der Waals surface area contributed by atoms with E-state index in [9.17, 15) is 4.79 Å². The fraction of sp³-hybridized carbons (Fsp3) is 0.320. The number of ether oxygens (including phenoxy) is 4. The van der Waals surface area contributed by atoms with Crippen molar-refractivity contribution in [2.75, 3.05) is 21.3 Å². The number of para-hydroxylation sites is 1. The molecule has 1 aliphatic heterocycles. The average molecular weight is 531 g/mol. The Morgan fingerprint density at radius 3 is 2.75 bits per heavy atom. The van der Waals surface area contributed by atoms with Crippen LogP contribution in [0.25, 0.3) is 0 Å². The molecule has 3 aromatic rings. The number of amidine groups is 1. The number of carbonyl (C=O) groups is 1. The monoisotopic (exact) mass is 530 g/mol. The molecule has 2 atom stereocenters. The van der Waals surface area contributed by atoms with Gasteiger partial charge in [-0.25, -0.2) is 15.8 Å². The quantitative estimate of drug-likeness (QED) is 0.253. The summed E-state index contributed by atoms with van der Waals surface area (Å²) in [5.41, 5.74) is 5.71. The van der Waals surface area contributed by atoms with E-state index in [4.69, 9.17) is 41.4 Å². The summed E-state index contributed by atoms with van der Waals surface area (Å²) in [6, 6.07) is 11.0. The Hall–Kier alpha value is -3.18. The van der Waals surface area contributed by atoms with Gasteiger partial charge in [0.2, 0.25) is 0 Å². The van der Waals surface area contributed by atoms with E-state index in [-0.39, 0.29) is 12.4 Å². The largest absolute Gasteiger partial charge is 0.493 e. The van der Waals surface area contributed by atoms with E-state index >= 15 is 0 Å². The van der Waals surface area contributed by atoms with Gasteiger partial charge in [0.15, 0.2) is 11.5 Å². The number of carbonyl (C=O) groups excluding carboxylic acids is 1. The number of thiazole rings is 1. The van der Waals surface area contributed by atoms with Gasteiger partial charge in [-0.1, -0.05) is 23.7 Å². The van der Waals surface area contributed by atoms with Crippen LogP contribution >= 0.6 is 22.9 Å². The van der Waals surface area contributed by atoms with Crippen LogP contribution in [-0.2, 0) is 27.1 Å². The summed E-state index contributed by atoms with van der Waals surface area (Å²) >= 11 is 7.86. The smallest absolute Gasteiger partial charge is 0.305 e. The van der Waals surface area contributed by atoms with Gasteiger partial charge in [-0.2, -0.15) is 0 Å². The number of aliphatic imine (C=N–C) groups is 1. The molecule has 190 valence electrons. The first kappa shape index (κ1) is 25.9. The molecule has 3 N–H and O–H groups in total. The van der Waals surface area contributed by atoms with Crippen LogP contribution in [0.2, 0.25) is 5.02 Å². The number of nitrogens with one attached hydrogen (secondary N) is 1. The summed E-state index contributed by atoms with van der Waals surface area (Å²) in [7, 11) is 4.55. The Morgan fingerprint density at radius 2 is 2.03 bits per heavy atom. The van der Waals surface area contributed by atoms with Gasteiger partial charge in [0.1, 0.15) is 18.0 Å². The number of hydrogen-bond acceptors (Lipinski definition) is 10. The molecule has 0 saturated carbocycles. The SMILES string of the molecule is COC(=O)CCc1csc(CC2OC(c3cccc(OC)c3OC)c3cc(Cl)ccc3N=C2NN)n1. The maximum atomic E-state index is 11.5. The van der Waals surface area contributed by atoms with Crippen molar-refractivity contribution in [3.05, 3.63) is 68.6 Å². The second-order valence-corrected chi connectivity index (χ2v) is 9.32. The number of nitrogens with two attached hydrogens (primary N) is 1. The lowest BCUT2D eigenvalue weighted by Crippen LogP contribution is -2.41. The Kier molecular flexibility index (Phi) is 8.42. The number of halogens is 1. The number of hydrogen-bond donors (Lipinski definition) is 2. The van der Waals surface area contributed by atoms with Crippen LogP contribution in [0.3, 0.4) is 0 Å². The predicted molar refractivity (Wildman–Crippen MR) is 138 cm³/mol. The van der Waals surface area contributed by atoms with Gasteiger partial charge in [0.25, 0.3) is 0 Å². The van der Waals surface area contributed by atoms with E-state index in [2.05, 4.69) is 10.4 Å². The van der Waals surface area contributed by atoms with Crippen molar-refractivity contribution in [3.63, 3.8) is 0 Å². The molecule has 2 unspecified atom stereocenters. The zero-order valence-corrected chi connectivity index (χ0v) is 21.7. The fourth-order valence-electron chi connectivity index (χ4n) is 4.02. The third-order valence-corrected chi connectivity index (χ3v) is 6.91. The van der Waals surface area contributed by atoms with Gasteiger partial charge in [-0.3, -0.25) is 4.79 Å². The van der Waals surface area contributed by atoms with Crippen LogP contribution in [0.4, 0.5) is 5.69 Å². The number of rotatable bonds is 8. The van der Waals surface area contributed by atoms with Crippen molar-refractivity contribution in [3.8, 4) is 11.5 Å². The van der Waals surface area contributed by atoms with E-state index in [0.29, 0.717) is 40.9 Å². The van der Waals surface area contributed by atoms with Crippen LogP contribution in [-0.4, -0.2) is 44.2 Å². The molecule has 2 aromatic carbocycles.